The minimum absolute atomic E-state index is 0.0210. The molecule has 2 rings (SSSR count). The molecule has 1 fully saturated rings. The molecule has 0 N–H and O–H groups in total. The van der Waals surface area contributed by atoms with Gasteiger partial charge < -0.3 is 14.4 Å². The summed E-state index contributed by atoms with van der Waals surface area (Å²) in [6.45, 7) is 8.58. The molecule has 20 heavy (non-hydrogen) atoms. The van der Waals surface area contributed by atoms with E-state index in [1.165, 1.54) is 11.3 Å². The van der Waals surface area contributed by atoms with Gasteiger partial charge in [-0.25, -0.2) is 4.98 Å². The van der Waals surface area contributed by atoms with Crippen LogP contribution in [0.3, 0.4) is 0 Å². The number of morpholine rings is 1. The van der Waals surface area contributed by atoms with E-state index in [1.54, 1.807) is 13.3 Å². The Bertz CT molecular complexity index is 465. The summed E-state index contributed by atoms with van der Waals surface area (Å²) >= 11 is 1.48. The molecule has 1 aromatic rings. The Morgan fingerprint density at radius 1 is 1.60 bits per heavy atom. The zero-order chi connectivity index (χ0) is 14.8. The normalized spacial score (nSPS) is 20.2. The average Bonchev–Trinajstić information content (AvgIpc) is 2.88. The van der Waals surface area contributed by atoms with Crippen molar-refractivity contribution in [2.75, 3.05) is 33.4 Å². The predicted octanol–water partition coefficient (Wildman–Crippen LogP) is 1.93. The largest absolute Gasteiger partial charge is 0.382 e. The van der Waals surface area contributed by atoms with Crippen LogP contribution in [0.25, 0.3) is 0 Å². The minimum Gasteiger partial charge on any atom is -0.382 e. The fraction of sp³-hybridized carbons (Fsp3) is 0.714. The lowest BCUT2D eigenvalue weighted by molar-refractivity contribution is -0.0530. The summed E-state index contributed by atoms with van der Waals surface area (Å²) in [6, 6.07) is 0. The molecule has 0 saturated carbocycles. The van der Waals surface area contributed by atoms with Crippen molar-refractivity contribution in [2.45, 2.75) is 32.3 Å². The molecule has 112 valence electrons. The van der Waals surface area contributed by atoms with E-state index in [4.69, 9.17) is 9.47 Å². The Morgan fingerprint density at radius 3 is 2.95 bits per heavy atom. The Hall–Kier alpha value is -0.980. The van der Waals surface area contributed by atoms with Crippen molar-refractivity contribution < 1.29 is 14.3 Å². The SMILES string of the molecule is COC[C@H]1CN(C(=O)c2cnc(C(C)(C)C)s2)CCO1. The first-order valence-electron chi connectivity index (χ1n) is 6.78. The van der Waals surface area contributed by atoms with Gasteiger partial charge in [0.1, 0.15) is 4.88 Å². The van der Waals surface area contributed by atoms with Gasteiger partial charge in [0.2, 0.25) is 0 Å². The topological polar surface area (TPSA) is 51.7 Å². The Labute approximate surface area is 123 Å². The molecule has 0 radical (unpaired) electrons. The van der Waals surface area contributed by atoms with Crippen LogP contribution in [0.5, 0.6) is 0 Å². The lowest BCUT2D eigenvalue weighted by atomic mass is 9.98. The van der Waals surface area contributed by atoms with Gasteiger partial charge in [0.15, 0.2) is 0 Å². The first kappa shape index (κ1) is 15.4. The molecule has 1 atom stereocenters. The van der Waals surface area contributed by atoms with Crippen LogP contribution in [-0.2, 0) is 14.9 Å². The third kappa shape index (κ3) is 3.56. The second-order valence-electron chi connectivity index (χ2n) is 5.98. The fourth-order valence-corrected chi connectivity index (χ4v) is 3.01. The summed E-state index contributed by atoms with van der Waals surface area (Å²) in [5, 5.41) is 0.988. The smallest absolute Gasteiger partial charge is 0.265 e. The Balaban J connectivity index is 2.05. The average molecular weight is 298 g/mol. The number of aromatic nitrogens is 1. The number of thiazole rings is 1. The van der Waals surface area contributed by atoms with Crippen LogP contribution in [0.1, 0.15) is 35.5 Å². The zero-order valence-corrected chi connectivity index (χ0v) is 13.3. The number of amides is 1. The van der Waals surface area contributed by atoms with Gasteiger partial charge >= 0.3 is 0 Å². The van der Waals surface area contributed by atoms with Crippen LogP contribution in [0.2, 0.25) is 0 Å². The Morgan fingerprint density at radius 2 is 2.35 bits per heavy atom. The van der Waals surface area contributed by atoms with Crippen LogP contribution in [0.4, 0.5) is 0 Å². The highest BCUT2D eigenvalue weighted by Crippen LogP contribution is 2.27. The molecule has 0 spiro atoms. The molecular weight excluding hydrogens is 276 g/mol. The summed E-state index contributed by atoms with van der Waals surface area (Å²) in [5.74, 6) is 0.0439. The summed E-state index contributed by atoms with van der Waals surface area (Å²) in [5.41, 5.74) is -0.0210. The minimum atomic E-state index is -0.0345. The molecule has 6 heteroatoms. The molecule has 1 aromatic heterocycles. The molecule has 1 aliphatic heterocycles. The van der Waals surface area contributed by atoms with E-state index in [0.29, 0.717) is 31.2 Å². The van der Waals surface area contributed by atoms with E-state index in [1.807, 2.05) is 4.90 Å². The molecule has 0 aliphatic carbocycles. The number of rotatable bonds is 3. The number of carbonyl (C=O) groups excluding carboxylic acids is 1. The van der Waals surface area contributed by atoms with Crippen molar-refractivity contribution in [3.05, 3.63) is 16.1 Å². The molecule has 0 aromatic carbocycles. The highest BCUT2D eigenvalue weighted by atomic mass is 32.1. The van der Waals surface area contributed by atoms with E-state index >= 15 is 0 Å². The van der Waals surface area contributed by atoms with Crippen molar-refractivity contribution in [1.82, 2.24) is 9.88 Å². The third-order valence-electron chi connectivity index (χ3n) is 3.14. The molecule has 1 amide bonds. The third-order valence-corrected chi connectivity index (χ3v) is 4.55. The molecule has 0 bridgehead atoms. The van der Waals surface area contributed by atoms with E-state index < -0.39 is 0 Å². The first-order chi connectivity index (χ1) is 9.41. The Kier molecular flexibility index (Phi) is 4.78. The summed E-state index contributed by atoms with van der Waals surface area (Å²) in [6.07, 6.45) is 1.65. The zero-order valence-electron chi connectivity index (χ0n) is 12.5. The van der Waals surface area contributed by atoms with Crippen molar-refractivity contribution in [3.8, 4) is 0 Å². The van der Waals surface area contributed by atoms with E-state index in [-0.39, 0.29) is 17.4 Å². The van der Waals surface area contributed by atoms with Gasteiger partial charge in [0.05, 0.1) is 30.5 Å². The maximum atomic E-state index is 12.5. The molecule has 0 unspecified atom stereocenters. The standard InChI is InChI=1S/C14H22N2O3S/c1-14(2,3)13-15-7-11(20-13)12(17)16-5-6-19-10(8-16)9-18-4/h7,10H,5-6,8-9H2,1-4H3/t10-/m1/s1. The van der Waals surface area contributed by atoms with Gasteiger partial charge in [-0.15, -0.1) is 11.3 Å². The van der Waals surface area contributed by atoms with E-state index in [0.717, 1.165) is 5.01 Å². The lowest BCUT2D eigenvalue weighted by Crippen LogP contribution is -2.46. The monoisotopic (exact) mass is 298 g/mol. The predicted molar refractivity (Wildman–Crippen MR) is 78.3 cm³/mol. The maximum Gasteiger partial charge on any atom is 0.265 e. The number of hydrogen-bond acceptors (Lipinski definition) is 5. The number of ether oxygens (including phenoxy) is 2. The van der Waals surface area contributed by atoms with Gasteiger partial charge in [-0.1, -0.05) is 20.8 Å². The maximum absolute atomic E-state index is 12.5. The second-order valence-corrected chi connectivity index (χ2v) is 7.01. The first-order valence-corrected chi connectivity index (χ1v) is 7.59. The van der Waals surface area contributed by atoms with Crippen molar-refractivity contribution in [2.24, 2.45) is 0 Å². The lowest BCUT2D eigenvalue weighted by Gasteiger charge is -2.32. The van der Waals surface area contributed by atoms with Crippen LogP contribution in [-0.4, -0.2) is 55.3 Å². The van der Waals surface area contributed by atoms with Crippen LogP contribution >= 0.6 is 11.3 Å². The quantitative estimate of drug-likeness (QED) is 0.855. The molecule has 1 aliphatic rings. The summed E-state index contributed by atoms with van der Waals surface area (Å²) in [4.78, 5) is 19.4. The van der Waals surface area contributed by atoms with E-state index in [2.05, 4.69) is 25.8 Å². The molecular formula is C14H22N2O3S. The van der Waals surface area contributed by atoms with Crippen LogP contribution < -0.4 is 0 Å². The molecule has 5 nitrogen and oxygen atoms in total. The van der Waals surface area contributed by atoms with Gasteiger partial charge in [-0.2, -0.15) is 0 Å². The van der Waals surface area contributed by atoms with Gasteiger partial charge in [0, 0.05) is 25.6 Å². The van der Waals surface area contributed by atoms with Crippen molar-refractivity contribution in [3.63, 3.8) is 0 Å². The number of hydrogen-bond donors (Lipinski definition) is 0. The van der Waals surface area contributed by atoms with Crippen LogP contribution in [0.15, 0.2) is 6.20 Å². The highest BCUT2D eigenvalue weighted by molar-refractivity contribution is 7.13. The molecule has 2 heterocycles. The van der Waals surface area contributed by atoms with E-state index in [9.17, 15) is 4.79 Å². The van der Waals surface area contributed by atoms with Gasteiger partial charge in [0.25, 0.3) is 5.91 Å². The highest BCUT2D eigenvalue weighted by Gasteiger charge is 2.27. The van der Waals surface area contributed by atoms with Gasteiger partial charge in [-0.3, -0.25) is 4.79 Å². The fourth-order valence-electron chi connectivity index (χ4n) is 2.07. The van der Waals surface area contributed by atoms with Crippen molar-refractivity contribution in [1.29, 1.82) is 0 Å². The summed E-state index contributed by atoms with van der Waals surface area (Å²) < 4.78 is 10.7. The molecule has 1 saturated heterocycles. The number of methoxy groups -OCH3 is 1. The van der Waals surface area contributed by atoms with Crippen LogP contribution in [0, 0.1) is 0 Å². The van der Waals surface area contributed by atoms with Crippen molar-refractivity contribution >= 4 is 17.2 Å². The van der Waals surface area contributed by atoms with Gasteiger partial charge in [-0.05, 0) is 0 Å². The summed E-state index contributed by atoms with van der Waals surface area (Å²) in [7, 11) is 1.64. The second kappa shape index (κ2) is 6.20. The number of carbonyl (C=O) groups is 1. The number of nitrogens with zero attached hydrogens (tertiary/aromatic N) is 2.